The first kappa shape index (κ1) is 19.4. The molecule has 0 aliphatic carbocycles. The Labute approximate surface area is 156 Å². The number of carbonyl (C=O) groups is 1. The molecule has 134 valence electrons. The van der Waals surface area contributed by atoms with E-state index < -0.39 is 0 Å². The second-order valence-electron chi connectivity index (χ2n) is 6.52. The molecule has 0 aliphatic heterocycles. The predicted octanol–water partition coefficient (Wildman–Crippen LogP) is 5.24. The number of aliphatic imine (C=N–C) groups is 1. The van der Waals surface area contributed by atoms with E-state index in [9.17, 15) is 4.79 Å². The molecule has 0 aromatic heterocycles. The molecule has 0 bridgehead atoms. The predicted molar refractivity (Wildman–Crippen MR) is 111 cm³/mol. The van der Waals surface area contributed by atoms with E-state index in [1.807, 2.05) is 50.3 Å². The molecule has 0 fully saturated rings. The minimum atomic E-state index is -0.331. The van der Waals surface area contributed by atoms with Crippen LogP contribution in [0.2, 0.25) is 0 Å². The van der Waals surface area contributed by atoms with Crippen molar-refractivity contribution in [2.75, 3.05) is 0 Å². The molecular formula is C23H26N2O. The monoisotopic (exact) mass is 346 g/mol. The van der Waals surface area contributed by atoms with Gasteiger partial charge in [-0.05, 0) is 67.2 Å². The van der Waals surface area contributed by atoms with E-state index in [4.69, 9.17) is 5.73 Å². The van der Waals surface area contributed by atoms with Crippen molar-refractivity contribution in [3.05, 3.63) is 83.0 Å². The fourth-order valence-corrected chi connectivity index (χ4v) is 2.86. The lowest BCUT2D eigenvalue weighted by molar-refractivity contribution is 0.100. The number of carbonyl (C=O) groups excluding carboxylic acids is 1. The van der Waals surface area contributed by atoms with Crippen LogP contribution >= 0.6 is 0 Å². The number of nitrogens with zero attached hydrogens (tertiary/aromatic N) is 1. The first-order chi connectivity index (χ1) is 12.3. The molecule has 3 heteroatoms. The van der Waals surface area contributed by atoms with E-state index >= 15 is 0 Å². The molecule has 1 amide bonds. The lowest BCUT2D eigenvalue weighted by atomic mass is 9.93. The summed E-state index contributed by atoms with van der Waals surface area (Å²) in [4.78, 5) is 16.6. The Kier molecular flexibility index (Phi) is 6.29. The van der Waals surface area contributed by atoms with Crippen molar-refractivity contribution in [1.82, 2.24) is 0 Å². The smallest absolute Gasteiger partial charge is 0.278 e. The van der Waals surface area contributed by atoms with Crippen molar-refractivity contribution in [3.8, 4) is 11.1 Å². The number of allylic oxidation sites excluding steroid dienone is 2. The average Bonchev–Trinajstić information content (AvgIpc) is 2.61. The third kappa shape index (κ3) is 4.57. The third-order valence-corrected chi connectivity index (χ3v) is 4.26. The molecule has 0 saturated heterocycles. The van der Waals surface area contributed by atoms with E-state index in [-0.39, 0.29) is 11.7 Å². The van der Waals surface area contributed by atoms with Crippen LogP contribution in [0, 0.1) is 6.92 Å². The van der Waals surface area contributed by atoms with Gasteiger partial charge in [0, 0.05) is 5.56 Å². The van der Waals surface area contributed by atoms with Crippen LogP contribution in [0.25, 0.3) is 11.1 Å². The highest BCUT2D eigenvalue weighted by molar-refractivity contribution is 6.08. The van der Waals surface area contributed by atoms with Gasteiger partial charge in [0.2, 0.25) is 0 Å². The molecule has 2 rings (SSSR count). The summed E-state index contributed by atoms with van der Waals surface area (Å²) in [5.74, 6) is -0.109. The second kappa shape index (κ2) is 8.43. The van der Waals surface area contributed by atoms with Crippen LogP contribution in [0.3, 0.4) is 0 Å². The molecule has 2 N–H and O–H groups in total. The Hall–Kier alpha value is -2.94. The summed E-state index contributed by atoms with van der Waals surface area (Å²) >= 11 is 0. The average molecular weight is 346 g/mol. The quantitative estimate of drug-likeness (QED) is 0.457. The Morgan fingerprint density at radius 1 is 1.15 bits per heavy atom. The Morgan fingerprint density at radius 2 is 1.85 bits per heavy atom. The molecule has 2 aromatic rings. The van der Waals surface area contributed by atoms with Gasteiger partial charge in [-0.3, -0.25) is 4.79 Å². The molecule has 0 unspecified atom stereocenters. The highest BCUT2D eigenvalue weighted by Crippen LogP contribution is 2.28. The lowest BCUT2D eigenvalue weighted by Crippen LogP contribution is -2.16. The Morgan fingerprint density at radius 3 is 2.46 bits per heavy atom. The first-order valence-corrected chi connectivity index (χ1v) is 8.75. The number of amidine groups is 1. The summed E-state index contributed by atoms with van der Waals surface area (Å²) in [5, 5.41) is 0. The summed E-state index contributed by atoms with van der Waals surface area (Å²) in [7, 11) is 0. The molecule has 26 heavy (non-hydrogen) atoms. The number of benzene rings is 2. The standard InChI is InChI=1S/C23H26N2O/c1-6-18-14-19(23(26)25-22(24)17(5)13-15(2)3)11-12-21(18)20-10-8-7-9-16(20)4/h7-14H,2,6H2,1,3-5H3,(H2,24,25,26)/b17-13+. The lowest BCUT2D eigenvalue weighted by Gasteiger charge is -2.12. The number of hydrogen-bond acceptors (Lipinski definition) is 1. The van der Waals surface area contributed by atoms with E-state index in [1.165, 1.54) is 11.1 Å². The normalized spacial score (nSPS) is 12.2. The second-order valence-corrected chi connectivity index (χ2v) is 6.52. The van der Waals surface area contributed by atoms with Crippen LogP contribution in [0.5, 0.6) is 0 Å². The maximum atomic E-state index is 12.5. The zero-order chi connectivity index (χ0) is 19.3. The Bertz CT molecular complexity index is 904. The van der Waals surface area contributed by atoms with Gasteiger partial charge in [0.1, 0.15) is 5.84 Å². The minimum absolute atomic E-state index is 0.221. The fourth-order valence-electron chi connectivity index (χ4n) is 2.86. The van der Waals surface area contributed by atoms with Gasteiger partial charge in [-0.15, -0.1) is 0 Å². The number of aryl methyl sites for hydroxylation is 2. The molecule has 0 aliphatic rings. The van der Waals surface area contributed by atoms with Crippen LogP contribution < -0.4 is 5.73 Å². The molecular weight excluding hydrogens is 320 g/mol. The molecule has 0 saturated carbocycles. The number of nitrogens with two attached hydrogens (primary N) is 1. The van der Waals surface area contributed by atoms with Gasteiger partial charge in [0.15, 0.2) is 0 Å². The van der Waals surface area contributed by atoms with Crippen LogP contribution in [0.15, 0.2) is 71.3 Å². The van der Waals surface area contributed by atoms with Crippen molar-refractivity contribution in [3.63, 3.8) is 0 Å². The highest BCUT2D eigenvalue weighted by atomic mass is 16.1. The van der Waals surface area contributed by atoms with E-state index in [0.717, 1.165) is 28.7 Å². The van der Waals surface area contributed by atoms with Crippen LogP contribution in [-0.4, -0.2) is 11.7 Å². The Balaban J connectivity index is 2.39. The summed E-state index contributed by atoms with van der Waals surface area (Å²) in [5.41, 5.74) is 12.7. The van der Waals surface area contributed by atoms with Gasteiger partial charge in [-0.25, -0.2) is 0 Å². The van der Waals surface area contributed by atoms with Crippen LogP contribution in [0.1, 0.15) is 42.3 Å². The maximum Gasteiger partial charge on any atom is 0.278 e. The van der Waals surface area contributed by atoms with Gasteiger partial charge in [-0.2, -0.15) is 4.99 Å². The van der Waals surface area contributed by atoms with E-state index in [2.05, 4.69) is 37.6 Å². The van der Waals surface area contributed by atoms with Gasteiger partial charge in [-0.1, -0.05) is 55.5 Å². The topological polar surface area (TPSA) is 55.4 Å². The molecule has 0 heterocycles. The van der Waals surface area contributed by atoms with Gasteiger partial charge >= 0.3 is 0 Å². The van der Waals surface area contributed by atoms with E-state index in [0.29, 0.717) is 5.56 Å². The van der Waals surface area contributed by atoms with Crippen molar-refractivity contribution in [2.24, 2.45) is 10.7 Å². The maximum absolute atomic E-state index is 12.5. The van der Waals surface area contributed by atoms with Gasteiger partial charge in [0.05, 0.1) is 0 Å². The third-order valence-electron chi connectivity index (χ3n) is 4.26. The van der Waals surface area contributed by atoms with Crippen LogP contribution in [-0.2, 0) is 6.42 Å². The summed E-state index contributed by atoms with van der Waals surface area (Å²) in [6.07, 6.45) is 2.64. The highest BCUT2D eigenvalue weighted by Gasteiger charge is 2.12. The van der Waals surface area contributed by atoms with Gasteiger partial charge < -0.3 is 5.73 Å². The minimum Gasteiger partial charge on any atom is -0.383 e. The van der Waals surface area contributed by atoms with Crippen molar-refractivity contribution < 1.29 is 4.79 Å². The summed E-state index contributed by atoms with van der Waals surface area (Å²) < 4.78 is 0. The zero-order valence-corrected chi connectivity index (χ0v) is 16.0. The summed E-state index contributed by atoms with van der Waals surface area (Å²) in [6, 6.07) is 14.0. The number of hydrogen-bond donors (Lipinski definition) is 1. The molecule has 0 spiro atoms. The number of amides is 1. The fraction of sp³-hybridized carbons (Fsp3) is 0.217. The first-order valence-electron chi connectivity index (χ1n) is 8.75. The molecule has 3 nitrogen and oxygen atoms in total. The molecule has 0 atom stereocenters. The van der Waals surface area contributed by atoms with Crippen molar-refractivity contribution >= 4 is 11.7 Å². The zero-order valence-electron chi connectivity index (χ0n) is 16.0. The SMILES string of the molecule is C=C(C)/C=C(\C)C(N)=NC(=O)c1ccc(-c2ccccc2C)c(CC)c1. The van der Waals surface area contributed by atoms with Crippen molar-refractivity contribution in [2.45, 2.75) is 34.1 Å². The van der Waals surface area contributed by atoms with E-state index in [1.54, 1.807) is 0 Å². The largest absolute Gasteiger partial charge is 0.383 e. The molecule has 2 aromatic carbocycles. The van der Waals surface area contributed by atoms with Gasteiger partial charge in [0.25, 0.3) is 5.91 Å². The number of rotatable bonds is 5. The van der Waals surface area contributed by atoms with Crippen LogP contribution in [0.4, 0.5) is 0 Å². The molecule has 0 radical (unpaired) electrons. The summed E-state index contributed by atoms with van der Waals surface area (Å²) in [6.45, 7) is 11.7. The van der Waals surface area contributed by atoms with Crippen molar-refractivity contribution in [1.29, 1.82) is 0 Å².